The topological polar surface area (TPSA) is 31.6 Å². The minimum absolute atomic E-state index is 0.138. The molecule has 0 fully saturated rings. The van der Waals surface area contributed by atoms with Crippen molar-refractivity contribution >= 4 is 27.6 Å². The van der Waals surface area contributed by atoms with E-state index in [1.807, 2.05) is 60.7 Å². The first kappa shape index (κ1) is 27.9. The van der Waals surface area contributed by atoms with E-state index in [-0.39, 0.29) is 18.9 Å². The molecule has 220 valence electrons. The van der Waals surface area contributed by atoms with Crippen LogP contribution in [0, 0.1) is 23.3 Å². The number of H-pyrrole nitrogens is 2. The summed E-state index contributed by atoms with van der Waals surface area (Å²) in [5.74, 6) is -3.29. The molecule has 0 unspecified atom stereocenters. The Morgan fingerprint density at radius 1 is 0.511 bits per heavy atom. The molecule has 0 spiro atoms. The number of aromatic nitrogens is 2. The number of hydrogen-bond acceptors (Lipinski definition) is 0. The molecule has 45 heavy (non-hydrogen) atoms. The molecule has 0 radical (unpaired) electrons. The SMILES string of the molecule is Fc1ccc(-c2ccc[nH]2)c(F)[c]1[Ti]([c]1cccc2c1C=CC2)([c]1cccc2c1C=CC2)[c]1c(F)ccc(-c2ccc[nH]2)c1F. The zero-order valence-electron chi connectivity index (χ0n) is 24.0. The van der Waals surface area contributed by atoms with Crippen molar-refractivity contribution < 1.29 is 34.2 Å². The van der Waals surface area contributed by atoms with Crippen LogP contribution in [0.2, 0.25) is 0 Å². The molecule has 7 heteroatoms. The number of aromatic amines is 2. The quantitative estimate of drug-likeness (QED) is 0.145. The summed E-state index contributed by atoms with van der Waals surface area (Å²) in [7, 11) is 0. The van der Waals surface area contributed by atoms with Crippen LogP contribution >= 0.6 is 0 Å². The zero-order chi connectivity index (χ0) is 30.7. The number of fused-ring (bicyclic) bond motifs is 2. The van der Waals surface area contributed by atoms with Gasteiger partial charge in [-0.3, -0.25) is 0 Å². The predicted octanol–water partition coefficient (Wildman–Crippen LogP) is 7.13. The fourth-order valence-corrected chi connectivity index (χ4v) is 15.7. The third-order valence-electron chi connectivity index (χ3n) is 9.15. The monoisotopic (exact) mass is 634 g/mol. The second kappa shape index (κ2) is 10.8. The molecular weight excluding hydrogens is 608 g/mol. The van der Waals surface area contributed by atoms with Crippen LogP contribution in [-0.4, -0.2) is 9.97 Å². The average Bonchev–Trinajstić information content (AvgIpc) is 3.87. The van der Waals surface area contributed by atoms with Crippen molar-refractivity contribution in [3.8, 4) is 22.5 Å². The second-order valence-corrected chi connectivity index (χ2v) is 17.0. The Bertz CT molecular complexity index is 2010. The van der Waals surface area contributed by atoms with Gasteiger partial charge in [-0.2, -0.15) is 0 Å². The van der Waals surface area contributed by atoms with E-state index in [9.17, 15) is 0 Å². The first-order valence-corrected chi connectivity index (χ1v) is 17.9. The van der Waals surface area contributed by atoms with Crippen LogP contribution in [0.15, 0.2) is 109 Å². The Hall–Kier alpha value is -4.65. The Morgan fingerprint density at radius 2 is 0.978 bits per heavy atom. The van der Waals surface area contributed by atoms with Gasteiger partial charge in [-0.15, -0.1) is 0 Å². The molecule has 2 heterocycles. The molecule has 2 aliphatic carbocycles. The summed E-state index contributed by atoms with van der Waals surface area (Å²) in [6.45, 7) is 0. The van der Waals surface area contributed by atoms with E-state index in [2.05, 4.69) is 9.97 Å². The van der Waals surface area contributed by atoms with Gasteiger partial charge >= 0.3 is 262 Å². The molecule has 0 bridgehead atoms. The molecule has 2 aliphatic rings. The number of benzene rings is 4. The maximum atomic E-state index is 17.5. The second-order valence-electron chi connectivity index (χ2n) is 11.5. The van der Waals surface area contributed by atoms with Crippen molar-refractivity contribution in [3.63, 3.8) is 0 Å². The standard InChI is InChI=1S/2C10H6F2N.2C9H7.Ti/c2*11-7-3-4-8(9(12)6-7)10-2-1-5-13-10;2*1-2-5-9-7-3-6-8(9)4-1;/h2*1-5,13H;2*1-4,7H,6H2;. The van der Waals surface area contributed by atoms with Crippen molar-refractivity contribution in [1.29, 1.82) is 0 Å². The van der Waals surface area contributed by atoms with Crippen LogP contribution in [0.3, 0.4) is 0 Å². The summed E-state index contributed by atoms with van der Waals surface area (Å²) in [5.41, 5.74) is 4.61. The van der Waals surface area contributed by atoms with Crippen molar-refractivity contribution in [2.75, 3.05) is 0 Å². The Kier molecular flexibility index (Phi) is 6.66. The van der Waals surface area contributed by atoms with Gasteiger partial charge in [-0.05, 0) is 0 Å². The third kappa shape index (κ3) is 4.13. The van der Waals surface area contributed by atoms with Gasteiger partial charge < -0.3 is 0 Å². The molecule has 2 aromatic heterocycles. The average molecular weight is 634 g/mol. The fraction of sp³-hybridized carbons (Fsp3) is 0.0526. The van der Waals surface area contributed by atoms with Crippen LogP contribution in [0.5, 0.6) is 0 Å². The summed E-state index contributed by atoms with van der Waals surface area (Å²) in [6, 6.07) is 23.4. The van der Waals surface area contributed by atoms with Crippen LogP contribution in [0.25, 0.3) is 34.7 Å². The summed E-state index contributed by atoms with van der Waals surface area (Å²) in [5, 5.41) is 0. The molecular formula is C38H26F4N2Ti. The van der Waals surface area contributed by atoms with E-state index >= 15 is 17.6 Å². The van der Waals surface area contributed by atoms with Gasteiger partial charge in [-0.25, -0.2) is 0 Å². The predicted molar refractivity (Wildman–Crippen MR) is 169 cm³/mol. The van der Waals surface area contributed by atoms with E-state index in [1.165, 1.54) is 24.3 Å². The minimum atomic E-state index is -5.36. The van der Waals surface area contributed by atoms with E-state index in [0.29, 0.717) is 32.0 Å². The van der Waals surface area contributed by atoms with Gasteiger partial charge in [0.25, 0.3) is 0 Å². The Morgan fingerprint density at radius 3 is 1.40 bits per heavy atom. The summed E-state index contributed by atoms with van der Waals surface area (Å²) in [4.78, 5) is 6.06. The molecule has 0 atom stereocenters. The zero-order valence-corrected chi connectivity index (χ0v) is 25.5. The van der Waals surface area contributed by atoms with Crippen LogP contribution in [0.4, 0.5) is 17.6 Å². The van der Waals surface area contributed by atoms with Crippen LogP contribution in [0.1, 0.15) is 22.3 Å². The molecule has 4 aromatic carbocycles. The Balaban J connectivity index is 1.63. The normalized spacial score (nSPS) is 13.4. The van der Waals surface area contributed by atoms with Gasteiger partial charge in [-0.1, -0.05) is 0 Å². The fourth-order valence-electron chi connectivity index (χ4n) is 7.25. The van der Waals surface area contributed by atoms with E-state index < -0.39 is 39.9 Å². The van der Waals surface area contributed by atoms with E-state index in [1.54, 1.807) is 36.7 Å². The van der Waals surface area contributed by atoms with Gasteiger partial charge in [0.05, 0.1) is 0 Å². The Labute approximate surface area is 261 Å². The number of halogens is 4. The van der Waals surface area contributed by atoms with Crippen molar-refractivity contribution in [2.45, 2.75) is 12.8 Å². The molecule has 6 aromatic rings. The van der Waals surface area contributed by atoms with Gasteiger partial charge in [0, 0.05) is 0 Å². The van der Waals surface area contributed by atoms with Crippen LogP contribution < -0.4 is 15.5 Å². The van der Waals surface area contributed by atoms with Gasteiger partial charge in [0.1, 0.15) is 0 Å². The van der Waals surface area contributed by atoms with Crippen molar-refractivity contribution in [2.24, 2.45) is 0 Å². The maximum absolute atomic E-state index is 17.5. The van der Waals surface area contributed by atoms with Crippen molar-refractivity contribution in [3.05, 3.63) is 155 Å². The first-order valence-electron chi connectivity index (χ1n) is 14.8. The number of rotatable bonds is 6. The third-order valence-corrected chi connectivity index (χ3v) is 16.8. The molecule has 8 rings (SSSR count). The molecule has 0 saturated heterocycles. The van der Waals surface area contributed by atoms with Crippen LogP contribution in [-0.2, 0) is 29.4 Å². The summed E-state index contributed by atoms with van der Waals surface area (Å²) in [6.07, 6.45) is 12.4. The molecule has 0 amide bonds. The van der Waals surface area contributed by atoms with E-state index in [0.717, 1.165) is 22.3 Å². The molecule has 0 saturated carbocycles. The van der Waals surface area contributed by atoms with Gasteiger partial charge in [0.2, 0.25) is 0 Å². The summed E-state index contributed by atoms with van der Waals surface area (Å²) >= 11 is -5.36. The molecule has 0 aliphatic heterocycles. The molecule has 2 nitrogen and oxygen atoms in total. The van der Waals surface area contributed by atoms with Crippen molar-refractivity contribution in [1.82, 2.24) is 9.97 Å². The molecule has 2 N–H and O–H groups in total. The summed E-state index contributed by atoms with van der Waals surface area (Å²) < 4.78 is 69.4. The van der Waals surface area contributed by atoms with Gasteiger partial charge in [0.15, 0.2) is 0 Å². The number of allylic oxidation sites excluding steroid dienone is 2. The first-order chi connectivity index (χ1) is 22.0. The van der Waals surface area contributed by atoms with E-state index in [4.69, 9.17) is 0 Å². The number of nitrogens with one attached hydrogen (secondary N) is 2. The number of hydrogen-bond donors (Lipinski definition) is 2.